The van der Waals surface area contributed by atoms with Gasteiger partial charge >= 0.3 is 5.97 Å². The number of ketones is 2. The second kappa shape index (κ2) is 5.52. The molecule has 0 unspecified atom stereocenters. The fourth-order valence-corrected chi connectivity index (χ4v) is 6.48. The van der Waals surface area contributed by atoms with Crippen LogP contribution in [-0.4, -0.2) is 23.6 Å². The summed E-state index contributed by atoms with van der Waals surface area (Å²) in [6, 6.07) is 0. The number of hydrogen-bond acceptors (Lipinski definition) is 4. The van der Waals surface area contributed by atoms with Crippen molar-refractivity contribution in [3.8, 4) is 0 Å². The van der Waals surface area contributed by atoms with Gasteiger partial charge in [0.05, 0.1) is 0 Å². The minimum atomic E-state index is -0.284. The van der Waals surface area contributed by atoms with Crippen LogP contribution in [-0.2, 0) is 19.1 Å². The summed E-state index contributed by atoms with van der Waals surface area (Å²) in [5.74, 6) is 0.888. The van der Waals surface area contributed by atoms with E-state index < -0.39 is 0 Å². The molecule has 0 saturated heterocycles. The highest BCUT2D eigenvalue weighted by atomic mass is 16.5. The summed E-state index contributed by atoms with van der Waals surface area (Å²) in [4.78, 5) is 36.8. The van der Waals surface area contributed by atoms with Crippen LogP contribution >= 0.6 is 0 Å². The first kappa shape index (κ1) is 17.0. The molecule has 0 heterocycles. The molecule has 6 atom stereocenters. The quantitative estimate of drug-likeness (QED) is 0.682. The Bertz CT molecular complexity index is 677. The number of allylic oxidation sites excluding steroid dienone is 1. The third-order valence-corrected chi connectivity index (χ3v) is 7.94. The number of carbonyl (C=O) groups excluding carboxylic acids is 3. The smallest absolute Gasteiger partial charge is 0.302 e. The summed E-state index contributed by atoms with van der Waals surface area (Å²) in [5, 5.41) is 0. The maximum atomic E-state index is 13.1. The first-order chi connectivity index (χ1) is 11.8. The normalized spacial score (nSPS) is 46.0. The molecule has 0 amide bonds. The first-order valence-electron chi connectivity index (χ1n) is 9.71. The monoisotopic (exact) mass is 344 g/mol. The number of esters is 1. The second-order valence-corrected chi connectivity index (χ2v) is 9.12. The highest BCUT2D eigenvalue weighted by Gasteiger charge is 2.61. The van der Waals surface area contributed by atoms with Gasteiger partial charge in [-0.1, -0.05) is 19.4 Å². The van der Waals surface area contributed by atoms with E-state index in [4.69, 9.17) is 4.74 Å². The van der Waals surface area contributed by atoms with Gasteiger partial charge in [-0.2, -0.15) is 0 Å². The minimum absolute atomic E-state index is 0.00391. The molecule has 25 heavy (non-hydrogen) atoms. The van der Waals surface area contributed by atoms with Crippen molar-refractivity contribution in [1.82, 2.24) is 0 Å². The Morgan fingerprint density at radius 1 is 1.08 bits per heavy atom. The van der Waals surface area contributed by atoms with Crippen LogP contribution in [0.5, 0.6) is 0 Å². The van der Waals surface area contributed by atoms with Gasteiger partial charge in [-0.3, -0.25) is 14.4 Å². The third-order valence-electron chi connectivity index (χ3n) is 7.94. The zero-order valence-electron chi connectivity index (χ0n) is 15.5. The van der Waals surface area contributed by atoms with Gasteiger partial charge in [-0.05, 0) is 55.4 Å². The Kier molecular flexibility index (Phi) is 3.75. The number of fused-ring (bicyclic) bond motifs is 5. The van der Waals surface area contributed by atoms with Gasteiger partial charge in [0.15, 0.2) is 5.78 Å². The zero-order chi connectivity index (χ0) is 18.0. The largest absolute Gasteiger partial charge is 0.462 e. The van der Waals surface area contributed by atoms with Gasteiger partial charge < -0.3 is 4.74 Å². The molecule has 4 heteroatoms. The summed E-state index contributed by atoms with van der Waals surface area (Å²) in [6.07, 6.45) is 7.66. The van der Waals surface area contributed by atoms with E-state index in [-0.39, 0.29) is 40.5 Å². The van der Waals surface area contributed by atoms with Crippen molar-refractivity contribution in [3.05, 3.63) is 11.6 Å². The molecule has 0 radical (unpaired) electrons. The molecular formula is C21H28O4. The molecule has 4 nitrogen and oxygen atoms in total. The van der Waals surface area contributed by atoms with Gasteiger partial charge in [0, 0.05) is 31.1 Å². The lowest BCUT2D eigenvalue weighted by molar-refractivity contribution is -0.149. The zero-order valence-corrected chi connectivity index (χ0v) is 15.5. The molecule has 0 spiro atoms. The van der Waals surface area contributed by atoms with Gasteiger partial charge in [-0.15, -0.1) is 0 Å². The van der Waals surface area contributed by atoms with Crippen LogP contribution in [0.25, 0.3) is 0 Å². The van der Waals surface area contributed by atoms with E-state index in [0.717, 1.165) is 32.1 Å². The summed E-state index contributed by atoms with van der Waals surface area (Å²) < 4.78 is 5.42. The van der Waals surface area contributed by atoms with E-state index in [1.165, 1.54) is 12.5 Å². The fourth-order valence-electron chi connectivity index (χ4n) is 6.48. The van der Waals surface area contributed by atoms with Crippen LogP contribution < -0.4 is 0 Å². The van der Waals surface area contributed by atoms with Crippen molar-refractivity contribution >= 4 is 17.5 Å². The van der Waals surface area contributed by atoms with Gasteiger partial charge in [0.25, 0.3) is 0 Å². The molecule has 3 saturated carbocycles. The molecule has 0 aromatic carbocycles. The molecule has 0 aromatic rings. The van der Waals surface area contributed by atoms with Crippen LogP contribution in [0.2, 0.25) is 0 Å². The van der Waals surface area contributed by atoms with E-state index >= 15 is 0 Å². The number of carbonyl (C=O) groups is 3. The molecule has 4 rings (SSSR count). The van der Waals surface area contributed by atoms with Crippen LogP contribution in [0.1, 0.15) is 65.7 Å². The first-order valence-corrected chi connectivity index (χ1v) is 9.71. The van der Waals surface area contributed by atoms with Crippen LogP contribution in [0, 0.1) is 28.6 Å². The topological polar surface area (TPSA) is 60.4 Å². The van der Waals surface area contributed by atoms with E-state index in [0.29, 0.717) is 24.5 Å². The molecule has 4 aliphatic carbocycles. The van der Waals surface area contributed by atoms with Crippen LogP contribution in [0.15, 0.2) is 11.6 Å². The van der Waals surface area contributed by atoms with Crippen LogP contribution in [0.4, 0.5) is 0 Å². The molecular weight excluding hydrogens is 316 g/mol. The Balaban J connectivity index is 1.67. The Labute approximate surface area is 149 Å². The van der Waals surface area contributed by atoms with Gasteiger partial charge in [-0.25, -0.2) is 0 Å². The summed E-state index contributed by atoms with van der Waals surface area (Å²) >= 11 is 0. The maximum Gasteiger partial charge on any atom is 0.302 e. The molecule has 0 aromatic heterocycles. The molecule has 0 bridgehead atoms. The lowest BCUT2D eigenvalue weighted by atomic mass is 9.48. The van der Waals surface area contributed by atoms with Crippen LogP contribution in [0.3, 0.4) is 0 Å². The Morgan fingerprint density at radius 2 is 1.76 bits per heavy atom. The standard InChI is InChI=1S/C21H28O4/c1-12(22)25-14-6-8-20(2)13(10-14)11-17(23)19-15-4-5-18(24)21(15,3)9-7-16(19)20/h11,14-16,19H,4-10H2,1-3H3/t14-,15+,16+,19-,20+,21+/m0/s1. The highest BCUT2D eigenvalue weighted by Crippen LogP contribution is 2.63. The highest BCUT2D eigenvalue weighted by molar-refractivity contribution is 5.96. The number of rotatable bonds is 1. The van der Waals surface area contributed by atoms with Crippen molar-refractivity contribution in [2.24, 2.45) is 28.6 Å². The predicted octanol–water partition coefficient (Wildman–Crippen LogP) is 3.63. The molecule has 136 valence electrons. The fraction of sp³-hybridized carbons (Fsp3) is 0.762. The molecule has 0 N–H and O–H groups in total. The van der Waals surface area contributed by atoms with E-state index in [2.05, 4.69) is 13.8 Å². The van der Waals surface area contributed by atoms with E-state index in [9.17, 15) is 14.4 Å². The number of ether oxygens (including phenoxy) is 1. The molecule has 0 aliphatic heterocycles. The Hall–Kier alpha value is -1.45. The van der Waals surface area contributed by atoms with Gasteiger partial charge in [0.2, 0.25) is 0 Å². The van der Waals surface area contributed by atoms with Crippen molar-refractivity contribution in [3.63, 3.8) is 0 Å². The van der Waals surface area contributed by atoms with Crippen molar-refractivity contribution in [2.45, 2.75) is 71.8 Å². The van der Waals surface area contributed by atoms with E-state index in [1.807, 2.05) is 6.08 Å². The Morgan fingerprint density at radius 3 is 2.48 bits per heavy atom. The van der Waals surface area contributed by atoms with Crippen molar-refractivity contribution in [1.29, 1.82) is 0 Å². The molecule has 3 fully saturated rings. The third kappa shape index (κ3) is 2.36. The SMILES string of the molecule is CC(=O)O[C@H]1CC[C@]2(C)C(=CC(=O)[C@H]3[C@H]4CCC(=O)[C@]4(C)CC[C@H]32)C1. The van der Waals surface area contributed by atoms with Gasteiger partial charge in [0.1, 0.15) is 11.9 Å². The van der Waals surface area contributed by atoms with Crippen molar-refractivity contribution < 1.29 is 19.1 Å². The summed E-state index contributed by atoms with van der Waals surface area (Å²) in [5.41, 5.74) is 0.902. The van der Waals surface area contributed by atoms with Crippen molar-refractivity contribution in [2.75, 3.05) is 0 Å². The predicted molar refractivity (Wildman–Crippen MR) is 92.7 cm³/mol. The summed E-state index contributed by atoms with van der Waals surface area (Å²) in [7, 11) is 0. The number of hydrogen-bond donors (Lipinski definition) is 0. The maximum absolute atomic E-state index is 13.1. The average Bonchev–Trinajstić information content (AvgIpc) is 2.84. The minimum Gasteiger partial charge on any atom is -0.462 e. The molecule has 4 aliphatic rings. The lowest BCUT2D eigenvalue weighted by Crippen LogP contribution is -2.53. The lowest BCUT2D eigenvalue weighted by Gasteiger charge is -2.55. The average molecular weight is 344 g/mol. The summed E-state index contributed by atoms with van der Waals surface area (Å²) in [6.45, 7) is 5.84. The second-order valence-electron chi connectivity index (χ2n) is 9.12. The van der Waals surface area contributed by atoms with E-state index in [1.54, 1.807) is 0 Å². The number of Topliss-reactive ketones (excluding diaryl/α,β-unsaturated/α-hetero) is 1.